The monoisotopic (exact) mass is 1050 g/mol. The van der Waals surface area contributed by atoms with Gasteiger partial charge in [-0.1, -0.05) is 117 Å². The van der Waals surface area contributed by atoms with Gasteiger partial charge in [-0.15, -0.1) is 71.4 Å². The molecule has 31 heteroatoms. The van der Waals surface area contributed by atoms with Gasteiger partial charge >= 0.3 is 0 Å². The van der Waals surface area contributed by atoms with Crippen molar-refractivity contribution < 1.29 is 0 Å². The predicted molar refractivity (Wildman–Crippen MR) is 470 cm³/mol. The van der Waals surface area contributed by atoms with Crippen LogP contribution in [-0.2, 0) is 0 Å². The Kier molecular flexibility index (Phi) is 16.1. The molecule has 1 heterocycles. The van der Waals surface area contributed by atoms with Crippen LogP contribution in [0.4, 0.5) is 17.1 Å². The largest absolute Gasteiger partial charge is 0.312 e. The molecule has 1 nitrogen and oxygen atoms in total. The fraction of sp³-hybridized carbons (Fsp3) is 0. The van der Waals surface area contributed by atoms with Gasteiger partial charge in [-0.3, -0.25) is 0 Å². The lowest BCUT2D eigenvalue weighted by Gasteiger charge is -2.35. The predicted octanol–water partition coefficient (Wildman–Crippen LogP) is -35.2. The third-order valence-electron chi connectivity index (χ3n) is 22.3. The smallest absolute Gasteiger partial charge is 0.142 e. The highest BCUT2D eigenvalue weighted by Crippen LogP contribution is 2.43. The first-order chi connectivity index (χ1) is 38.8. The maximum Gasteiger partial charge on any atom is 0.142 e. The summed E-state index contributed by atoms with van der Waals surface area (Å²) in [6.07, 6.45) is 0. The number of thiophene rings is 1. The zero-order valence-corrected chi connectivity index (χ0v) is 57.1. The minimum Gasteiger partial charge on any atom is -0.312 e. The van der Waals surface area contributed by atoms with Crippen molar-refractivity contribution in [1.82, 2.24) is 0 Å². The molecule has 9 aromatic carbocycles. The van der Waals surface area contributed by atoms with E-state index in [4.69, 9.17) is 0 Å². The Hall–Kier alpha value is -4.86. The minimum atomic E-state index is 1.20. The number of hydrogen-bond acceptors (Lipinski definition) is 2. The molecule has 0 unspecified atom stereocenters. The van der Waals surface area contributed by atoms with Gasteiger partial charge in [0.15, 0.2) is 0 Å². The standard InChI is InChI=1S/C52H64B29NS/c53-11-1-7(2-12(54)22(11)24-38(70)45(77)48(80)46(78)39(24)71)82(50-15(57)5-10(28(60)49(50)81)19-18(33(65)41(73)42(74)34(19)66)9-4-14(56)30(62)40(72)27(9)59)17-6-16(58)51-25(31(17)63)26-32(64)21-8(3-13(55)29(61)35(21)67)20(52(26)83-51)23-36(68)43(75)47(79)44(76)37(23)69/h1-6H,53-81H2. The highest BCUT2D eigenvalue weighted by molar-refractivity contribution is 7.28. The highest BCUT2D eigenvalue weighted by atomic mass is 32.1. The lowest BCUT2D eigenvalue weighted by Crippen LogP contribution is -2.56. The molecule has 0 spiro atoms. The maximum absolute atomic E-state index is 2.69. The van der Waals surface area contributed by atoms with Crippen molar-refractivity contribution in [2.75, 3.05) is 4.90 Å². The fourth-order valence-corrected chi connectivity index (χ4v) is 16.8. The third-order valence-corrected chi connectivity index (χ3v) is 23.6. The average molecular weight is 1050 g/mol. The second-order valence-electron chi connectivity index (χ2n) is 26.2. The number of nitrogens with zero attached hydrogens (tertiary/aromatic N) is 1. The van der Waals surface area contributed by atoms with Crippen LogP contribution in [-0.4, -0.2) is 228 Å². The molecule has 0 atom stereocenters. The van der Waals surface area contributed by atoms with Crippen LogP contribution >= 0.6 is 11.3 Å². The Morgan fingerprint density at radius 1 is 0.229 bits per heavy atom. The molecule has 0 bridgehead atoms. The quantitative estimate of drug-likeness (QED) is 0.144. The summed E-state index contributed by atoms with van der Waals surface area (Å²) in [4.78, 5) is 2.69. The molecule has 0 saturated carbocycles. The Bertz CT molecular complexity index is 4550. The van der Waals surface area contributed by atoms with Gasteiger partial charge in [0.1, 0.15) is 228 Å². The molecule has 370 valence electrons. The van der Waals surface area contributed by atoms with E-state index in [2.05, 4.69) is 269 Å². The number of anilines is 3. The van der Waals surface area contributed by atoms with Crippen LogP contribution in [0.15, 0.2) is 36.4 Å². The summed E-state index contributed by atoms with van der Waals surface area (Å²) < 4.78 is 2.78. The number of rotatable bonds is 7. The highest BCUT2D eigenvalue weighted by Gasteiger charge is 2.30. The first-order valence-electron chi connectivity index (χ1n) is 30.5. The molecule has 0 aliphatic heterocycles. The zero-order chi connectivity index (χ0) is 61.1. The molecule has 10 aromatic rings. The van der Waals surface area contributed by atoms with E-state index in [0.29, 0.717) is 0 Å². The molecule has 0 N–H and O–H groups in total. The van der Waals surface area contributed by atoms with Gasteiger partial charge in [0.25, 0.3) is 0 Å². The molecule has 83 heavy (non-hydrogen) atoms. The molecule has 0 aliphatic carbocycles. The summed E-state index contributed by atoms with van der Waals surface area (Å²) in [5.41, 5.74) is 54.2. The van der Waals surface area contributed by atoms with Crippen molar-refractivity contribution in [2.45, 2.75) is 0 Å². The van der Waals surface area contributed by atoms with Crippen molar-refractivity contribution in [1.29, 1.82) is 0 Å². The van der Waals surface area contributed by atoms with Crippen LogP contribution < -0.4 is 163 Å². The normalized spacial score (nSPS) is 11.6. The van der Waals surface area contributed by atoms with Crippen LogP contribution in [0, 0.1) is 0 Å². The van der Waals surface area contributed by atoms with E-state index in [0.717, 1.165) is 0 Å². The molecule has 0 radical (unpaired) electrons. The Morgan fingerprint density at radius 2 is 0.602 bits per heavy atom. The lowest BCUT2D eigenvalue weighted by atomic mass is 9.58. The summed E-state index contributed by atoms with van der Waals surface area (Å²) in [6.45, 7) is 0. The van der Waals surface area contributed by atoms with Crippen LogP contribution in [0.2, 0.25) is 0 Å². The third kappa shape index (κ3) is 9.07. The van der Waals surface area contributed by atoms with Crippen LogP contribution in [0.1, 0.15) is 0 Å². The Labute approximate surface area is 527 Å². The molecule has 1 aromatic heterocycles. The second kappa shape index (κ2) is 21.8. The number of hydrogen-bond donors (Lipinski definition) is 0. The van der Waals surface area contributed by atoms with Crippen LogP contribution in [0.25, 0.3) is 75.5 Å². The van der Waals surface area contributed by atoms with E-state index >= 15 is 0 Å². The fourth-order valence-electron chi connectivity index (χ4n) is 15.3. The Morgan fingerprint density at radius 3 is 1.08 bits per heavy atom. The lowest BCUT2D eigenvalue weighted by molar-refractivity contribution is 1.33. The molecule has 0 saturated heterocycles. The van der Waals surface area contributed by atoms with Gasteiger partial charge in [0.05, 0.1) is 0 Å². The number of benzene rings is 9. The zero-order valence-electron chi connectivity index (χ0n) is 56.3. The first kappa shape index (κ1) is 61.2. The summed E-state index contributed by atoms with van der Waals surface area (Å²) in [5.74, 6) is 0. The molecular formula is C52H64B29NS. The van der Waals surface area contributed by atoms with E-state index in [1.54, 1.807) is 0 Å². The summed E-state index contributed by atoms with van der Waals surface area (Å²) >= 11 is 2.02. The van der Waals surface area contributed by atoms with Crippen LogP contribution in [0.5, 0.6) is 0 Å². The van der Waals surface area contributed by atoms with E-state index < -0.39 is 0 Å². The summed E-state index contributed by atoms with van der Waals surface area (Å²) in [6, 6.07) is 15.1. The van der Waals surface area contributed by atoms with Crippen molar-refractivity contribution >= 4 is 445 Å². The van der Waals surface area contributed by atoms with Crippen molar-refractivity contribution in [2.24, 2.45) is 0 Å². The maximum atomic E-state index is 2.69. The van der Waals surface area contributed by atoms with Gasteiger partial charge in [0.2, 0.25) is 0 Å². The van der Waals surface area contributed by atoms with Gasteiger partial charge < -0.3 is 4.90 Å². The van der Waals surface area contributed by atoms with Crippen LogP contribution in [0.3, 0.4) is 0 Å². The van der Waals surface area contributed by atoms with E-state index in [9.17, 15) is 0 Å². The number of fused-ring (bicyclic) bond motifs is 4. The van der Waals surface area contributed by atoms with Gasteiger partial charge in [-0.05, 0) is 78.7 Å². The average Bonchev–Trinajstić information content (AvgIpc) is 1.84. The van der Waals surface area contributed by atoms with E-state index in [-0.39, 0.29) is 0 Å². The molecule has 0 amide bonds. The van der Waals surface area contributed by atoms with Crippen molar-refractivity contribution in [3.8, 4) is 44.5 Å². The van der Waals surface area contributed by atoms with Gasteiger partial charge in [0, 0.05) is 32.0 Å². The SMILES string of the molecule is Bc1cc(-c2c(B)c(B)c(B)c(B)c2-c2cc(B)c(N(c3cc(B)c(-c4c(B)c(B)c(B)c(B)c4B)c(B)c3)c3cc(B)c4sc5c(-c6c(B)c(B)c(B)c(B)c6B)c6cc(B)c(B)c(B)c6c(B)c5c4c3B)c(B)c2B)c(B)c(B)c1B. The van der Waals surface area contributed by atoms with E-state index in [1.165, 1.54) is 251 Å². The topological polar surface area (TPSA) is 3.24 Å². The Balaban J connectivity index is 1.36. The minimum absolute atomic E-state index is 1.20. The molecule has 10 rings (SSSR count). The van der Waals surface area contributed by atoms with E-state index in [1.807, 2.05) is 11.3 Å². The summed E-state index contributed by atoms with van der Waals surface area (Å²) in [5, 5.41) is 5.57. The van der Waals surface area contributed by atoms with Gasteiger partial charge in [-0.2, -0.15) is 0 Å². The second-order valence-corrected chi connectivity index (χ2v) is 27.2. The van der Waals surface area contributed by atoms with Crippen molar-refractivity contribution in [3.05, 3.63) is 36.4 Å². The van der Waals surface area contributed by atoms with Gasteiger partial charge in [-0.25, -0.2) is 0 Å². The summed E-state index contributed by atoms with van der Waals surface area (Å²) in [7, 11) is 68.1. The van der Waals surface area contributed by atoms with Crippen molar-refractivity contribution in [3.63, 3.8) is 0 Å². The molecular weight excluding hydrogens is 984 g/mol. The first-order valence-corrected chi connectivity index (χ1v) is 31.4. The molecule has 0 fully saturated rings. The molecule has 0 aliphatic rings.